The number of anilines is 1. The van der Waals surface area contributed by atoms with Crippen LogP contribution in [0.1, 0.15) is 31.7 Å². The molecule has 0 bridgehead atoms. The predicted octanol–water partition coefficient (Wildman–Crippen LogP) is 2.84. The third-order valence-corrected chi connectivity index (χ3v) is 4.30. The number of piperidine rings is 1. The summed E-state index contributed by atoms with van der Waals surface area (Å²) in [5.74, 6) is 1.33. The molecule has 1 aromatic rings. The molecule has 4 nitrogen and oxygen atoms in total. The average Bonchev–Trinajstić information content (AvgIpc) is 2.50. The molecule has 0 aliphatic carbocycles. The molecule has 3 N–H and O–H groups in total. The van der Waals surface area contributed by atoms with Gasteiger partial charge in [-0.3, -0.25) is 4.99 Å². The second-order valence-electron chi connectivity index (χ2n) is 5.92. The van der Waals surface area contributed by atoms with Crippen LogP contribution in [0.3, 0.4) is 0 Å². The molecule has 1 fully saturated rings. The maximum atomic E-state index is 5.93. The lowest BCUT2D eigenvalue weighted by molar-refractivity contribution is 0.188. The van der Waals surface area contributed by atoms with Gasteiger partial charge in [-0.25, -0.2) is 0 Å². The summed E-state index contributed by atoms with van der Waals surface area (Å²) in [5, 5.41) is 3.14. The number of nitrogens with zero attached hydrogens (tertiary/aromatic N) is 2. The van der Waals surface area contributed by atoms with Crippen molar-refractivity contribution in [1.82, 2.24) is 4.90 Å². The standard InChI is InChI=1S/C17H28N4/c1-3-21-12-9-15(10-13-21)8-11-19-17(18)20-16-6-4-14(2)5-7-16/h4-7,15H,3,8-13H2,1-2H3,(H3,18,19,20). The van der Waals surface area contributed by atoms with E-state index in [1.165, 1.54) is 38.0 Å². The van der Waals surface area contributed by atoms with Crippen molar-refractivity contribution in [3.63, 3.8) is 0 Å². The van der Waals surface area contributed by atoms with Crippen LogP contribution in [-0.2, 0) is 0 Å². The van der Waals surface area contributed by atoms with Crippen molar-refractivity contribution in [2.24, 2.45) is 16.6 Å². The summed E-state index contributed by atoms with van der Waals surface area (Å²) in [7, 11) is 0. The number of likely N-dealkylation sites (tertiary alicyclic amines) is 1. The Morgan fingerprint density at radius 1 is 1.29 bits per heavy atom. The fraction of sp³-hybridized carbons (Fsp3) is 0.588. The highest BCUT2D eigenvalue weighted by Crippen LogP contribution is 2.20. The molecule has 0 unspecified atom stereocenters. The van der Waals surface area contributed by atoms with Gasteiger partial charge >= 0.3 is 0 Å². The third-order valence-electron chi connectivity index (χ3n) is 4.30. The van der Waals surface area contributed by atoms with Gasteiger partial charge in [-0.15, -0.1) is 0 Å². The second kappa shape index (κ2) is 8.03. The Bertz CT molecular complexity index is 444. The zero-order valence-corrected chi connectivity index (χ0v) is 13.3. The van der Waals surface area contributed by atoms with Gasteiger partial charge in [0, 0.05) is 12.2 Å². The largest absolute Gasteiger partial charge is 0.370 e. The fourth-order valence-corrected chi connectivity index (χ4v) is 2.78. The molecule has 0 radical (unpaired) electrons. The van der Waals surface area contributed by atoms with E-state index in [0.29, 0.717) is 5.96 Å². The van der Waals surface area contributed by atoms with E-state index in [9.17, 15) is 0 Å². The molecule has 1 aliphatic rings. The van der Waals surface area contributed by atoms with E-state index in [1.807, 2.05) is 12.1 Å². The number of aliphatic imine (C=N–C) groups is 1. The highest BCUT2D eigenvalue weighted by Gasteiger charge is 2.17. The summed E-state index contributed by atoms with van der Waals surface area (Å²) in [6.07, 6.45) is 3.75. The van der Waals surface area contributed by atoms with Crippen molar-refractivity contribution in [3.8, 4) is 0 Å². The van der Waals surface area contributed by atoms with Gasteiger partial charge in [-0.1, -0.05) is 24.6 Å². The SMILES string of the molecule is CCN1CCC(CCN=C(N)Nc2ccc(C)cc2)CC1. The number of nitrogens with two attached hydrogens (primary N) is 1. The summed E-state index contributed by atoms with van der Waals surface area (Å²) in [6.45, 7) is 8.79. The number of guanidine groups is 1. The minimum absolute atomic E-state index is 0.518. The molecule has 0 atom stereocenters. The zero-order chi connectivity index (χ0) is 15.1. The van der Waals surface area contributed by atoms with Crippen LogP contribution in [0.4, 0.5) is 5.69 Å². The lowest BCUT2D eigenvalue weighted by Gasteiger charge is -2.30. The van der Waals surface area contributed by atoms with Gasteiger partial charge < -0.3 is 16.0 Å². The van der Waals surface area contributed by atoms with E-state index >= 15 is 0 Å². The summed E-state index contributed by atoms with van der Waals surface area (Å²) in [6, 6.07) is 8.19. The maximum absolute atomic E-state index is 5.93. The number of hydrogen-bond donors (Lipinski definition) is 2. The Labute approximate surface area is 128 Å². The van der Waals surface area contributed by atoms with Gasteiger partial charge in [0.15, 0.2) is 5.96 Å². The molecule has 4 heteroatoms. The Morgan fingerprint density at radius 2 is 1.95 bits per heavy atom. The number of hydrogen-bond acceptors (Lipinski definition) is 2. The minimum Gasteiger partial charge on any atom is -0.370 e. The first-order valence-electron chi connectivity index (χ1n) is 8.03. The van der Waals surface area contributed by atoms with Gasteiger partial charge in [-0.05, 0) is 63.9 Å². The molecule has 0 amide bonds. The van der Waals surface area contributed by atoms with Crippen LogP contribution in [0.2, 0.25) is 0 Å². The molecule has 0 spiro atoms. The Kier molecular flexibility index (Phi) is 6.05. The molecule has 1 saturated heterocycles. The number of nitrogens with one attached hydrogen (secondary N) is 1. The molecule has 2 rings (SSSR count). The van der Waals surface area contributed by atoms with Crippen molar-refractivity contribution in [1.29, 1.82) is 0 Å². The second-order valence-corrected chi connectivity index (χ2v) is 5.92. The van der Waals surface area contributed by atoms with E-state index in [1.54, 1.807) is 0 Å². The molecule has 116 valence electrons. The van der Waals surface area contributed by atoms with E-state index in [0.717, 1.165) is 24.6 Å². The van der Waals surface area contributed by atoms with Crippen LogP contribution in [0, 0.1) is 12.8 Å². The number of aryl methyl sites for hydroxylation is 1. The number of rotatable bonds is 5. The molecule has 21 heavy (non-hydrogen) atoms. The molecular weight excluding hydrogens is 260 g/mol. The summed E-state index contributed by atoms with van der Waals surface area (Å²) >= 11 is 0. The minimum atomic E-state index is 0.518. The molecule has 0 aromatic heterocycles. The fourth-order valence-electron chi connectivity index (χ4n) is 2.78. The molecule has 1 aromatic carbocycles. The summed E-state index contributed by atoms with van der Waals surface area (Å²) < 4.78 is 0. The van der Waals surface area contributed by atoms with Gasteiger partial charge in [0.05, 0.1) is 0 Å². The van der Waals surface area contributed by atoms with E-state index < -0.39 is 0 Å². The van der Waals surface area contributed by atoms with Crippen LogP contribution in [-0.4, -0.2) is 37.0 Å². The smallest absolute Gasteiger partial charge is 0.193 e. The first-order valence-corrected chi connectivity index (χ1v) is 8.03. The van der Waals surface area contributed by atoms with Crippen molar-refractivity contribution >= 4 is 11.6 Å². The summed E-state index contributed by atoms with van der Waals surface area (Å²) in [5.41, 5.74) is 8.18. The Balaban J connectivity index is 1.70. The predicted molar refractivity (Wildman–Crippen MR) is 90.7 cm³/mol. The molecule has 1 aliphatic heterocycles. The van der Waals surface area contributed by atoms with E-state index in [-0.39, 0.29) is 0 Å². The third kappa shape index (κ3) is 5.38. The van der Waals surface area contributed by atoms with Crippen molar-refractivity contribution in [3.05, 3.63) is 29.8 Å². The first-order chi connectivity index (χ1) is 10.2. The topological polar surface area (TPSA) is 53.6 Å². The Morgan fingerprint density at radius 3 is 2.57 bits per heavy atom. The highest BCUT2D eigenvalue weighted by atomic mass is 15.1. The molecule has 1 heterocycles. The van der Waals surface area contributed by atoms with Gasteiger partial charge in [0.2, 0.25) is 0 Å². The van der Waals surface area contributed by atoms with Crippen LogP contribution >= 0.6 is 0 Å². The van der Waals surface area contributed by atoms with Crippen molar-refractivity contribution in [2.45, 2.75) is 33.1 Å². The Hall–Kier alpha value is -1.55. The van der Waals surface area contributed by atoms with Gasteiger partial charge in [0.1, 0.15) is 0 Å². The quantitative estimate of drug-likeness (QED) is 0.647. The molecular formula is C17H28N4. The zero-order valence-electron chi connectivity index (χ0n) is 13.3. The normalized spacial score (nSPS) is 17.9. The maximum Gasteiger partial charge on any atom is 0.193 e. The van der Waals surface area contributed by atoms with Crippen LogP contribution in [0.15, 0.2) is 29.3 Å². The average molecular weight is 288 g/mol. The van der Waals surface area contributed by atoms with Crippen molar-refractivity contribution < 1.29 is 0 Å². The van der Waals surface area contributed by atoms with Crippen LogP contribution in [0.25, 0.3) is 0 Å². The highest BCUT2D eigenvalue weighted by molar-refractivity contribution is 5.92. The van der Waals surface area contributed by atoms with Crippen LogP contribution in [0.5, 0.6) is 0 Å². The molecule has 0 saturated carbocycles. The van der Waals surface area contributed by atoms with Gasteiger partial charge in [-0.2, -0.15) is 0 Å². The van der Waals surface area contributed by atoms with Crippen molar-refractivity contribution in [2.75, 3.05) is 31.5 Å². The van der Waals surface area contributed by atoms with Gasteiger partial charge in [0.25, 0.3) is 0 Å². The monoisotopic (exact) mass is 288 g/mol. The summed E-state index contributed by atoms with van der Waals surface area (Å²) in [4.78, 5) is 6.97. The lowest BCUT2D eigenvalue weighted by Crippen LogP contribution is -2.33. The first kappa shape index (κ1) is 15.8. The van der Waals surface area contributed by atoms with E-state index in [4.69, 9.17) is 5.73 Å². The lowest BCUT2D eigenvalue weighted by atomic mass is 9.94. The van der Waals surface area contributed by atoms with E-state index in [2.05, 4.69) is 41.2 Å². The van der Waals surface area contributed by atoms with Crippen LogP contribution < -0.4 is 11.1 Å². The number of benzene rings is 1.